The lowest BCUT2D eigenvalue weighted by Gasteiger charge is -2.32. The maximum absolute atomic E-state index is 12.9. The summed E-state index contributed by atoms with van der Waals surface area (Å²) in [6.07, 6.45) is 2.46. The standard InChI is InChI=1S/C22H30N4O5/c27-20(24-30)19-7-4-11-26(19)22(29)31-17-8-9-18(23-13-17)21(28)25-12-10-16(14-25)15-5-2-1-3-6-15/h1-3,5-6,16-19,23,30H,4,7-14H2,(H,24,27)/t16-,17?,18+,19+/m1/s1. The third-order valence-corrected chi connectivity index (χ3v) is 6.61. The van der Waals surface area contributed by atoms with Gasteiger partial charge >= 0.3 is 6.09 Å². The fourth-order valence-electron chi connectivity index (χ4n) is 4.86. The topological polar surface area (TPSA) is 111 Å². The fourth-order valence-corrected chi connectivity index (χ4v) is 4.86. The van der Waals surface area contributed by atoms with Gasteiger partial charge in [0.05, 0.1) is 6.04 Å². The number of nitrogens with one attached hydrogen (secondary N) is 2. The number of carbonyl (C=O) groups excluding carboxylic acids is 3. The molecule has 3 heterocycles. The molecular formula is C22H30N4O5. The van der Waals surface area contributed by atoms with Crippen molar-refractivity contribution in [3.05, 3.63) is 35.9 Å². The minimum atomic E-state index is -0.698. The lowest BCUT2D eigenvalue weighted by molar-refractivity contribution is -0.134. The van der Waals surface area contributed by atoms with E-state index < -0.39 is 18.0 Å². The van der Waals surface area contributed by atoms with Crippen molar-refractivity contribution < 1.29 is 24.3 Å². The number of amides is 3. The number of benzene rings is 1. The van der Waals surface area contributed by atoms with Crippen LogP contribution < -0.4 is 10.8 Å². The Morgan fingerprint density at radius 1 is 1.06 bits per heavy atom. The van der Waals surface area contributed by atoms with E-state index in [2.05, 4.69) is 17.4 Å². The van der Waals surface area contributed by atoms with Crippen molar-refractivity contribution >= 4 is 17.9 Å². The number of piperidine rings is 1. The zero-order valence-corrected chi connectivity index (χ0v) is 17.5. The summed E-state index contributed by atoms with van der Waals surface area (Å²) < 4.78 is 5.57. The summed E-state index contributed by atoms with van der Waals surface area (Å²) in [5, 5.41) is 12.1. The molecule has 0 aromatic heterocycles. The molecule has 0 spiro atoms. The molecule has 3 aliphatic rings. The Kier molecular flexibility index (Phi) is 6.72. The highest BCUT2D eigenvalue weighted by Crippen LogP contribution is 2.28. The highest BCUT2D eigenvalue weighted by Gasteiger charge is 2.38. The van der Waals surface area contributed by atoms with Crippen molar-refractivity contribution in [2.24, 2.45) is 0 Å². The third kappa shape index (κ3) is 4.83. The number of hydrogen-bond acceptors (Lipinski definition) is 6. The number of rotatable bonds is 4. The quantitative estimate of drug-likeness (QED) is 0.489. The number of carbonyl (C=O) groups is 3. The van der Waals surface area contributed by atoms with Crippen LogP contribution in [0.5, 0.6) is 0 Å². The second kappa shape index (κ2) is 9.65. The van der Waals surface area contributed by atoms with E-state index in [1.165, 1.54) is 10.5 Å². The fraction of sp³-hybridized carbons (Fsp3) is 0.591. The monoisotopic (exact) mass is 430 g/mol. The first-order valence-electron chi connectivity index (χ1n) is 11.0. The van der Waals surface area contributed by atoms with Gasteiger partial charge in [0.2, 0.25) is 5.91 Å². The van der Waals surface area contributed by atoms with Crippen molar-refractivity contribution in [3.8, 4) is 0 Å². The molecule has 31 heavy (non-hydrogen) atoms. The highest BCUT2D eigenvalue weighted by molar-refractivity contribution is 5.85. The van der Waals surface area contributed by atoms with Crippen molar-refractivity contribution in [2.45, 2.75) is 56.2 Å². The summed E-state index contributed by atoms with van der Waals surface area (Å²) in [4.78, 5) is 40.4. The van der Waals surface area contributed by atoms with Gasteiger partial charge in [0.15, 0.2) is 0 Å². The van der Waals surface area contributed by atoms with Gasteiger partial charge in [-0.2, -0.15) is 0 Å². The summed E-state index contributed by atoms with van der Waals surface area (Å²) in [6.45, 7) is 2.33. The average molecular weight is 431 g/mol. The summed E-state index contributed by atoms with van der Waals surface area (Å²) in [5.74, 6) is -0.101. The molecule has 3 saturated heterocycles. The smallest absolute Gasteiger partial charge is 0.410 e. The number of ether oxygens (including phenoxy) is 1. The maximum Gasteiger partial charge on any atom is 0.410 e. The number of hydrogen-bond donors (Lipinski definition) is 3. The Labute approximate surface area is 181 Å². The molecule has 9 heteroatoms. The Bertz CT molecular complexity index is 796. The second-order valence-electron chi connectivity index (χ2n) is 8.55. The predicted molar refractivity (Wildman–Crippen MR) is 111 cm³/mol. The molecule has 3 aliphatic heterocycles. The zero-order valence-electron chi connectivity index (χ0n) is 17.5. The largest absolute Gasteiger partial charge is 0.445 e. The van der Waals surface area contributed by atoms with E-state index in [4.69, 9.17) is 9.94 Å². The minimum absolute atomic E-state index is 0.113. The molecule has 168 valence electrons. The van der Waals surface area contributed by atoms with Crippen molar-refractivity contribution in [1.29, 1.82) is 0 Å². The van der Waals surface area contributed by atoms with Gasteiger partial charge in [-0.3, -0.25) is 19.7 Å². The van der Waals surface area contributed by atoms with Crippen LogP contribution in [0.25, 0.3) is 0 Å². The molecule has 4 atom stereocenters. The SMILES string of the molecule is O=C(NO)[C@@H]1CCCN1C(=O)OC1CC[C@@H](C(=O)N2CC[C@@H](c3ccccc3)C2)NC1. The normalized spacial score (nSPS) is 28.4. The minimum Gasteiger partial charge on any atom is -0.445 e. The first-order chi connectivity index (χ1) is 15.1. The van der Waals surface area contributed by atoms with Crippen LogP contribution in [0.1, 0.15) is 43.6 Å². The number of likely N-dealkylation sites (tertiary alicyclic amines) is 2. The Hall–Kier alpha value is -2.65. The first kappa shape index (κ1) is 21.6. The Morgan fingerprint density at radius 2 is 1.87 bits per heavy atom. The van der Waals surface area contributed by atoms with Gasteiger partial charge in [0, 0.05) is 32.1 Å². The molecule has 1 unspecified atom stereocenters. The van der Waals surface area contributed by atoms with Crippen LogP contribution in [0.15, 0.2) is 30.3 Å². The molecule has 0 radical (unpaired) electrons. The van der Waals surface area contributed by atoms with Crippen LogP contribution in [-0.2, 0) is 14.3 Å². The maximum atomic E-state index is 12.9. The summed E-state index contributed by atoms with van der Waals surface area (Å²) in [6, 6.07) is 9.34. The third-order valence-electron chi connectivity index (χ3n) is 6.61. The molecule has 1 aromatic carbocycles. The van der Waals surface area contributed by atoms with Gasteiger partial charge in [-0.25, -0.2) is 10.3 Å². The van der Waals surface area contributed by atoms with E-state index in [0.29, 0.717) is 44.7 Å². The highest BCUT2D eigenvalue weighted by atomic mass is 16.6. The molecule has 4 rings (SSSR count). The van der Waals surface area contributed by atoms with E-state index in [1.807, 2.05) is 23.1 Å². The molecule has 9 nitrogen and oxygen atoms in total. The lowest BCUT2D eigenvalue weighted by Crippen LogP contribution is -2.53. The van der Waals surface area contributed by atoms with Crippen LogP contribution in [0.3, 0.4) is 0 Å². The van der Waals surface area contributed by atoms with E-state index >= 15 is 0 Å². The molecule has 3 amide bonds. The van der Waals surface area contributed by atoms with Gasteiger partial charge in [0.25, 0.3) is 5.91 Å². The van der Waals surface area contributed by atoms with Gasteiger partial charge in [-0.1, -0.05) is 30.3 Å². The summed E-state index contributed by atoms with van der Waals surface area (Å²) >= 11 is 0. The van der Waals surface area contributed by atoms with Crippen LogP contribution >= 0.6 is 0 Å². The molecule has 3 N–H and O–H groups in total. The van der Waals surface area contributed by atoms with Gasteiger partial charge in [-0.15, -0.1) is 0 Å². The molecule has 0 bridgehead atoms. The van der Waals surface area contributed by atoms with Crippen molar-refractivity contribution in [1.82, 2.24) is 20.6 Å². The van der Waals surface area contributed by atoms with Crippen molar-refractivity contribution in [2.75, 3.05) is 26.2 Å². The molecule has 3 fully saturated rings. The van der Waals surface area contributed by atoms with Crippen LogP contribution in [-0.4, -0.2) is 77.3 Å². The van der Waals surface area contributed by atoms with Gasteiger partial charge < -0.3 is 15.0 Å². The Morgan fingerprint density at radius 3 is 2.58 bits per heavy atom. The first-order valence-corrected chi connectivity index (χ1v) is 11.0. The number of hydroxylamine groups is 1. The summed E-state index contributed by atoms with van der Waals surface area (Å²) in [7, 11) is 0. The molecule has 0 saturated carbocycles. The van der Waals surface area contributed by atoms with Crippen LogP contribution in [0, 0.1) is 0 Å². The van der Waals surface area contributed by atoms with Crippen LogP contribution in [0.2, 0.25) is 0 Å². The van der Waals surface area contributed by atoms with E-state index in [0.717, 1.165) is 19.5 Å². The van der Waals surface area contributed by atoms with Gasteiger partial charge in [-0.05, 0) is 37.7 Å². The molecule has 1 aromatic rings. The van der Waals surface area contributed by atoms with Crippen LogP contribution in [0.4, 0.5) is 4.79 Å². The van der Waals surface area contributed by atoms with Crippen molar-refractivity contribution in [3.63, 3.8) is 0 Å². The van der Waals surface area contributed by atoms with E-state index in [9.17, 15) is 14.4 Å². The average Bonchev–Trinajstić information content (AvgIpc) is 3.49. The van der Waals surface area contributed by atoms with E-state index in [-0.39, 0.29) is 18.1 Å². The second-order valence-corrected chi connectivity index (χ2v) is 8.55. The van der Waals surface area contributed by atoms with Gasteiger partial charge in [0.1, 0.15) is 12.1 Å². The predicted octanol–water partition coefficient (Wildman–Crippen LogP) is 1.23. The lowest BCUT2D eigenvalue weighted by atomic mass is 9.98. The Balaban J connectivity index is 1.24. The van der Waals surface area contributed by atoms with E-state index in [1.54, 1.807) is 5.48 Å². The number of nitrogens with zero attached hydrogens (tertiary/aromatic N) is 2. The summed E-state index contributed by atoms with van der Waals surface area (Å²) in [5.41, 5.74) is 2.89. The molecular weight excluding hydrogens is 400 g/mol. The zero-order chi connectivity index (χ0) is 21.8. The molecule has 0 aliphatic carbocycles.